The van der Waals surface area contributed by atoms with Crippen LogP contribution in [0.15, 0.2) is 182 Å². The van der Waals surface area contributed by atoms with Crippen LogP contribution in [0.5, 0.6) is 0 Å². The van der Waals surface area contributed by atoms with Gasteiger partial charge in [-0.05, 0) is 47.7 Å². The number of hydrogen-bond donors (Lipinski definition) is 0. The third-order valence-corrected chi connectivity index (χ3v) is 11.0. The van der Waals surface area contributed by atoms with Crippen molar-refractivity contribution in [1.29, 1.82) is 0 Å². The zero-order chi connectivity index (χ0) is 27.8. The summed E-state index contributed by atoms with van der Waals surface area (Å²) in [5.74, 6) is 0. The minimum atomic E-state index is -0.446. The monoisotopic (exact) mass is 663 g/mol. The Labute approximate surface area is 255 Å². The summed E-state index contributed by atoms with van der Waals surface area (Å²) in [4.78, 5) is 0. The minimum absolute atomic E-state index is 0.446. The predicted octanol–water partition coefficient (Wildman–Crippen LogP) is 7.31. The molecule has 0 unspecified atom stereocenters. The normalized spacial score (nSPS) is 10.2. The third-order valence-electron chi connectivity index (χ3n) is 6.09. The summed E-state index contributed by atoms with van der Waals surface area (Å²) in [5.41, 5.74) is 0. The van der Waals surface area contributed by atoms with Crippen molar-refractivity contribution in [3.8, 4) is 0 Å². The van der Waals surface area contributed by atoms with E-state index in [1.165, 1.54) is 31.8 Å². The van der Waals surface area contributed by atoms with Crippen LogP contribution in [0, 0.1) is 0 Å². The van der Waals surface area contributed by atoms with Crippen LogP contribution in [-0.4, -0.2) is 0 Å². The molecule has 0 radical (unpaired) electrons. The maximum absolute atomic E-state index is 4.57. The van der Waals surface area contributed by atoms with Crippen molar-refractivity contribution in [3.05, 3.63) is 182 Å². The van der Waals surface area contributed by atoms with E-state index >= 15 is 0 Å². The van der Waals surface area contributed by atoms with Crippen molar-refractivity contribution in [2.75, 3.05) is 0 Å². The van der Waals surface area contributed by atoms with Crippen molar-refractivity contribution in [3.63, 3.8) is 0 Å². The smallest absolute Gasteiger partial charge is 0.0134 e. The summed E-state index contributed by atoms with van der Waals surface area (Å²) >= 11 is 1.82. The molecule has 6 rings (SSSR count). The Hall–Kier alpha value is -2.91. The second-order valence-corrected chi connectivity index (χ2v) is 13.1. The molecule has 0 saturated carbocycles. The molecule has 0 saturated heterocycles. The van der Waals surface area contributed by atoms with Crippen LogP contribution in [-0.2, 0) is 17.3 Å². The van der Waals surface area contributed by atoms with Crippen LogP contribution in [0.1, 0.15) is 0 Å². The van der Waals surface area contributed by atoms with Gasteiger partial charge >= 0.3 is 27.0 Å². The second-order valence-electron chi connectivity index (χ2n) is 8.68. The van der Waals surface area contributed by atoms with Gasteiger partial charge < -0.3 is 0 Å². The summed E-state index contributed by atoms with van der Waals surface area (Å²) in [5, 5.41) is 8.39. The summed E-state index contributed by atoms with van der Waals surface area (Å²) < 4.78 is 0. The van der Waals surface area contributed by atoms with Gasteiger partial charge in [0.05, 0.1) is 0 Å². The molecule has 40 heavy (non-hydrogen) atoms. The maximum atomic E-state index is 4.57. The maximum Gasteiger partial charge on any atom is -0.0134 e. The summed E-state index contributed by atoms with van der Waals surface area (Å²) in [6.45, 7) is 0. The van der Waals surface area contributed by atoms with Crippen molar-refractivity contribution < 1.29 is 17.3 Å². The number of halogens is 1. The third kappa shape index (κ3) is 8.54. The Morgan fingerprint density at radius 1 is 0.250 bits per heavy atom. The molecule has 0 heterocycles. The molecule has 0 amide bonds. The van der Waals surface area contributed by atoms with Gasteiger partial charge in [0.15, 0.2) is 0 Å². The molecule has 0 spiro atoms. The van der Waals surface area contributed by atoms with Gasteiger partial charge in [0, 0.05) is 0 Å². The first-order valence-corrected chi connectivity index (χ1v) is 17.9. The molecule has 0 fully saturated rings. The molecule has 4 heteroatoms. The molecule has 0 aliphatic heterocycles. The van der Waals surface area contributed by atoms with Crippen molar-refractivity contribution in [1.82, 2.24) is 0 Å². The van der Waals surface area contributed by atoms with Gasteiger partial charge in [-0.1, -0.05) is 182 Å². The summed E-state index contributed by atoms with van der Waals surface area (Å²) in [7, 11) is 3.68. The van der Waals surface area contributed by atoms with E-state index < -0.39 is 15.8 Å². The van der Waals surface area contributed by atoms with Gasteiger partial charge in [-0.2, -0.15) is 0 Å². The topological polar surface area (TPSA) is 0 Å². The zero-order valence-electron chi connectivity index (χ0n) is 21.9. The quantitative estimate of drug-likeness (QED) is 0.130. The average molecular weight is 664 g/mol. The van der Waals surface area contributed by atoms with Gasteiger partial charge in [0.2, 0.25) is 0 Å². The van der Waals surface area contributed by atoms with E-state index in [0.29, 0.717) is 0 Å². The van der Waals surface area contributed by atoms with E-state index in [1.807, 2.05) is 17.3 Å². The molecule has 0 aliphatic carbocycles. The Balaban J connectivity index is 0.000000174. The van der Waals surface area contributed by atoms with Gasteiger partial charge in [0.25, 0.3) is 0 Å². The molecule has 0 nitrogen and oxygen atoms in total. The van der Waals surface area contributed by atoms with E-state index in [4.69, 9.17) is 0 Å². The molecular weight excluding hydrogens is 633 g/mol. The van der Waals surface area contributed by atoms with E-state index in [2.05, 4.69) is 192 Å². The van der Waals surface area contributed by atoms with Gasteiger partial charge in [-0.3, -0.25) is 0 Å². The molecule has 0 aliphatic rings. The fraction of sp³-hybridized carbons (Fsp3) is 0. The standard InChI is InChI=1S/2C18H15P.ClH.Rh.H/c2*1-4-10-16(11-5-1)19(17-12-6-2-7-13-17)18-14-8-3-9-15-18;;;/h2*1-15H;1H;;/q;;;+1;/p-1. The molecular formula is C36H31ClP2Rh. The number of benzene rings is 6. The summed E-state index contributed by atoms with van der Waals surface area (Å²) in [6.07, 6.45) is 0. The van der Waals surface area contributed by atoms with E-state index in [9.17, 15) is 0 Å². The molecule has 6 aromatic carbocycles. The number of hydrogen-bond acceptors (Lipinski definition) is 0. The first kappa shape index (κ1) is 30.1. The van der Waals surface area contributed by atoms with Crippen LogP contribution < -0.4 is 31.8 Å². The molecule has 0 aromatic heterocycles. The largest absolute Gasteiger partial charge is 0.0622 e. The molecule has 0 atom stereocenters. The van der Waals surface area contributed by atoms with E-state index in [0.717, 1.165) is 0 Å². The molecule has 6 aromatic rings. The molecule has 0 bridgehead atoms. The van der Waals surface area contributed by atoms with Crippen LogP contribution in [0.25, 0.3) is 0 Å². The van der Waals surface area contributed by atoms with Crippen molar-refractivity contribution in [2.24, 2.45) is 0 Å². The van der Waals surface area contributed by atoms with Crippen LogP contribution >= 0.6 is 25.5 Å². The van der Waals surface area contributed by atoms with Crippen LogP contribution in [0.3, 0.4) is 0 Å². The Morgan fingerprint density at radius 3 is 0.500 bits per heavy atom. The average Bonchev–Trinajstić information content (AvgIpc) is 3.06. The fourth-order valence-electron chi connectivity index (χ4n) is 4.36. The summed E-state index contributed by atoms with van der Waals surface area (Å²) in [6, 6.07) is 64.7. The SMILES string of the molecule is [Cl][RhH].c1ccc(P(c2ccccc2)c2ccccc2)cc1.c1ccc(P(c2ccccc2)c2ccccc2)cc1. The Kier molecular flexibility index (Phi) is 12.8. The Bertz CT molecular complexity index is 1180. The van der Waals surface area contributed by atoms with Gasteiger partial charge in [0.1, 0.15) is 0 Å². The zero-order valence-corrected chi connectivity index (χ0v) is 26.2. The van der Waals surface area contributed by atoms with E-state index in [-0.39, 0.29) is 0 Å². The fourth-order valence-corrected chi connectivity index (χ4v) is 8.97. The predicted molar refractivity (Wildman–Crippen MR) is 178 cm³/mol. The second kappa shape index (κ2) is 17.0. The van der Waals surface area contributed by atoms with E-state index in [1.54, 1.807) is 0 Å². The first-order valence-electron chi connectivity index (χ1n) is 12.9. The Morgan fingerprint density at radius 2 is 0.375 bits per heavy atom. The van der Waals surface area contributed by atoms with Gasteiger partial charge in [-0.25, -0.2) is 0 Å². The van der Waals surface area contributed by atoms with Gasteiger partial charge in [-0.15, -0.1) is 0 Å². The molecule has 0 N–H and O–H groups in total. The van der Waals surface area contributed by atoms with Crippen molar-refractivity contribution in [2.45, 2.75) is 0 Å². The first-order chi connectivity index (χ1) is 19.9. The van der Waals surface area contributed by atoms with Crippen LogP contribution in [0.2, 0.25) is 0 Å². The van der Waals surface area contributed by atoms with Crippen molar-refractivity contribution >= 4 is 57.4 Å². The van der Waals surface area contributed by atoms with Crippen LogP contribution in [0.4, 0.5) is 0 Å². The number of rotatable bonds is 6. The molecule has 201 valence electrons. The minimum Gasteiger partial charge on any atom is -0.0622 e.